The van der Waals surface area contributed by atoms with Gasteiger partial charge in [-0.25, -0.2) is 9.37 Å². The molecule has 0 N–H and O–H groups in total. The monoisotopic (exact) mass is 515 g/mol. The van der Waals surface area contributed by atoms with Crippen LogP contribution in [0.5, 0.6) is 11.5 Å². The smallest absolute Gasteiger partial charge is 0.266 e. The fourth-order valence-corrected chi connectivity index (χ4v) is 4.69. The third kappa shape index (κ3) is 6.04. The van der Waals surface area contributed by atoms with Crippen LogP contribution in [0, 0.1) is 5.82 Å². The summed E-state index contributed by atoms with van der Waals surface area (Å²) in [6.45, 7) is 3.66. The number of hydrogen-bond donors (Lipinski definition) is 0. The number of methoxy groups -OCH3 is 1. The lowest BCUT2D eigenvalue weighted by molar-refractivity contribution is -0.120. The van der Waals surface area contributed by atoms with Gasteiger partial charge in [0.05, 0.1) is 30.0 Å². The van der Waals surface area contributed by atoms with E-state index in [0.717, 1.165) is 17.8 Å². The van der Waals surface area contributed by atoms with Crippen LogP contribution in [0.25, 0.3) is 10.2 Å². The van der Waals surface area contributed by atoms with E-state index >= 15 is 0 Å². The number of carbonyl (C=O) groups excluding carboxylic acids is 1. The van der Waals surface area contributed by atoms with E-state index in [2.05, 4.69) is 9.88 Å². The fraction of sp³-hybridized carbons (Fsp3) is 0.364. The Labute approximate surface area is 206 Å². The van der Waals surface area contributed by atoms with E-state index in [1.54, 1.807) is 36.3 Å². The van der Waals surface area contributed by atoms with E-state index in [9.17, 15) is 9.18 Å². The van der Waals surface area contributed by atoms with Gasteiger partial charge in [0.1, 0.15) is 11.3 Å². The first-order valence-corrected chi connectivity index (χ1v) is 11.4. The standard InChI is InChI=1S/C22H23ClFN3O4S.ClH/c1-29-18-7-6-15(23)21-20(18)25-22(32-21)27(9-8-26-10-12-30-13-11-26)19(28)14-31-17-5-3-2-4-16(17)24;/h2-7H,8-14H2,1H3;1H. The molecule has 1 aliphatic heterocycles. The molecule has 1 aliphatic rings. The van der Waals surface area contributed by atoms with Crippen molar-refractivity contribution < 1.29 is 23.4 Å². The van der Waals surface area contributed by atoms with Crippen molar-refractivity contribution in [3.8, 4) is 11.5 Å². The molecule has 0 radical (unpaired) electrons. The summed E-state index contributed by atoms with van der Waals surface area (Å²) < 4.78 is 30.9. The predicted octanol–water partition coefficient (Wildman–Crippen LogP) is 4.26. The molecule has 11 heteroatoms. The number of nitrogens with zero attached hydrogens (tertiary/aromatic N) is 3. The highest BCUT2D eigenvalue weighted by atomic mass is 35.5. The van der Waals surface area contributed by atoms with Crippen LogP contribution in [-0.4, -0.2) is 68.9 Å². The average molecular weight is 516 g/mol. The number of fused-ring (bicyclic) bond motifs is 1. The number of amides is 1. The lowest BCUT2D eigenvalue weighted by atomic mass is 10.3. The number of morpholine rings is 1. The molecular weight excluding hydrogens is 492 g/mol. The number of halogens is 3. The third-order valence-electron chi connectivity index (χ3n) is 5.13. The molecule has 0 spiro atoms. The van der Waals surface area contributed by atoms with E-state index in [4.69, 9.17) is 25.8 Å². The number of hydrogen-bond acceptors (Lipinski definition) is 7. The van der Waals surface area contributed by atoms with Gasteiger partial charge >= 0.3 is 0 Å². The number of benzene rings is 2. The lowest BCUT2D eigenvalue weighted by Crippen LogP contribution is -2.44. The molecule has 0 bridgehead atoms. The van der Waals surface area contributed by atoms with Crippen molar-refractivity contribution in [3.63, 3.8) is 0 Å². The molecular formula is C22H24Cl2FN3O4S. The van der Waals surface area contributed by atoms with E-state index in [1.165, 1.54) is 23.5 Å². The lowest BCUT2D eigenvalue weighted by Gasteiger charge is -2.29. The third-order valence-corrected chi connectivity index (χ3v) is 6.67. The molecule has 0 aliphatic carbocycles. The highest BCUT2D eigenvalue weighted by Gasteiger charge is 2.24. The van der Waals surface area contributed by atoms with Crippen molar-refractivity contribution in [2.45, 2.75) is 0 Å². The second-order valence-corrected chi connectivity index (χ2v) is 8.53. The molecule has 1 aromatic heterocycles. The minimum Gasteiger partial charge on any atom is -0.494 e. The largest absolute Gasteiger partial charge is 0.494 e. The predicted molar refractivity (Wildman–Crippen MR) is 130 cm³/mol. The minimum absolute atomic E-state index is 0. The van der Waals surface area contributed by atoms with Crippen LogP contribution in [0.15, 0.2) is 36.4 Å². The Morgan fingerprint density at radius 1 is 1.24 bits per heavy atom. The highest BCUT2D eigenvalue weighted by molar-refractivity contribution is 7.23. The summed E-state index contributed by atoms with van der Waals surface area (Å²) >= 11 is 7.67. The van der Waals surface area contributed by atoms with E-state index in [-0.39, 0.29) is 30.7 Å². The zero-order valence-electron chi connectivity index (χ0n) is 18.0. The number of rotatable bonds is 8. The second kappa shape index (κ2) is 11.8. The Hall–Kier alpha value is -2.17. The quantitative estimate of drug-likeness (QED) is 0.446. The Balaban J connectivity index is 0.00000306. The van der Waals surface area contributed by atoms with Crippen molar-refractivity contribution in [3.05, 3.63) is 47.2 Å². The molecule has 1 saturated heterocycles. The van der Waals surface area contributed by atoms with Crippen LogP contribution in [-0.2, 0) is 9.53 Å². The van der Waals surface area contributed by atoms with E-state index in [0.29, 0.717) is 47.7 Å². The van der Waals surface area contributed by atoms with Crippen LogP contribution in [0.2, 0.25) is 5.02 Å². The number of ether oxygens (including phenoxy) is 3. The summed E-state index contributed by atoms with van der Waals surface area (Å²) in [6.07, 6.45) is 0. The maximum absolute atomic E-state index is 13.9. The van der Waals surface area contributed by atoms with Crippen molar-refractivity contribution >= 4 is 56.6 Å². The minimum atomic E-state index is -0.517. The second-order valence-electron chi connectivity index (χ2n) is 7.14. The Bertz CT molecular complexity index is 1090. The molecule has 1 amide bonds. The van der Waals surface area contributed by atoms with Crippen LogP contribution in [0.1, 0.15) is 0 Å². The summed E-state index contributed by atoms with van der Waals surface area (Å²) in [5, 5.41) is 1.02. The molecule has 2 heterocycles. The van der Waals surface area contributed by atoms with Gasteiger partial charge in [0.2, 0.25) is 0 Å². The number of carbonyl (C=O) groups is 1. The Morgan fingerprint density at radius 2 is 2.00 bits per heavy atom. The summed E-state index contributed by atoms with van der Waals surface area (Å²) in [5.41, 5.74) is 0.596. The zero-order chi connectivity index (χ0) is 22.5. The molecule has 0 atom stereocenters. The first kappa shape index (κ1) is 25.5. The van der Waals surface area contributed by atoms with Crippen molar-refractivity contribution in [2.24, 2.45) is 0 Å². The molecule has 1 fully saturated rings. The average Bonchev–Trinajstić information content (AvgIpc) is 3.26. The number of para-hydroxylation sites is 1. The first-order chi connectivity index (χ1) is 15.6. The number of anilines is 1. The number of aromatic nitrogens is 1. The van der Waals surface area contributed by atoms with Crippen molar-refractivity contribution in [2.75, 3.05) is 58.0 Å². The summed E-state index contributed by atoms with van der Waals surface area (Å²) in [5.74, 6) is -0.231. The molecule has 0 unspecified atom stereocenters. The number of thiazole rings is 1. The topological polar surface area (TPSA) is 64.1 Å². The molecule has 33 heavy (non-hydrogen) atoms. The van der Waals surface area contributed by atoms with Gasteiger partial charge in [0.15, 0.2) is 23.3 Å². The van der Waals surface area contributed by atoms with Gasteiger partial charge in [-0.15, -0.1) is 12.4 Å². The van der Waals surface area contributed by atoms with Crippen LogP contribution >= 0.6 is 35.3 Å². The van der Waals surface area contributed by atoms with Gasteiger partial charge in [-0.1, -0.05) is 35.1 Å². The Kier molecular flexibility index (Phi) is 9.10. The van der Waals surface area contributed by atoms with E-state index < -0.39 is 5.82 Å². The molecule has 0 saturated carbocycles. The van der Waals surface area contributed by atoms with Gasteiger partial charge in [-0.2, -0.15) is 0 Å². The first-order valence-electron chi connectivity index (χ1n) is 10.2. The van der Waals surface area contributed by atoms with Gasteiger partial charge in [-0.3, -0.25) is 14.6 Å². The van der Waals surface area contributed by atoms with Gasteiger partial charge in [0, 0.05) is 26.2 Å². The fourth-order valence-electron chi connectivity index (χ4n) is 3.39. The van der Waals surface area contributed by atoms with Crippen molar-refractivity contribution in [1.82, 2.24) is 9.88 Å². The van der Waals surface area contributed by atoms with Gasteiger partial charge in [0.25, 0.3) is 5.91 Å². The summed E-state index contributed by atoms with van der Waals surface area (Å²) in [4.78, 5) is 21.6. The van der Waals surface area contributed by atoms with Gasteiger partial charge in [-0.05, 0) is 24.3 Å². The van der Waals surface area contributed by atoms with Crippen LogP contribution in [0.4, 0.5) is 9.52 Å². The molecule has 2 aromatic carbocycles. The highest BCUT2D eigenvalue weighted by Crippen LogP contribution is 2.38. The molecule has 4 rings (SSSR count). The maximum atomic E-state index is 13.9. The van der Waals surface area contributed by atoms with Crippen LogP contribution < -0.4 is 14.4 Å². The molecule has 178 valence electrons. The van der Waals surface area contributed by atoms with Crippen molar-refractivity contribution in [1.29, 1.82) is 0 Å². The molecule has 7 nitrogen and oxygen atoms in total. The van der Waals surface area contributed by atoms with Crippen LogP contribution in [0.3, 0.4) is 0 Å². The van der Waals surface area contributed by atoms with Gasteiger partial charge < -0.3 is 14.2 Å². The summed E-state index contributed by atoms with van der Waals surface area (Å²) in [7, 11) is 1.56. The normalized spacial score (nSPS) is 14.0. The zero-order valence-corrected chi connectivity index (χ0v) is 20.3. The SMILES string of the molecule is COc1ccc(Cl)c2sc(N(CCN3CCOCC3)C(=O)COc3ccccc3F)nc12.Cl. The summed E-state index contributed by atoms with van der Waals surface area (Å²) in [6, 6.07) is 9.49. The van der Waals surface area contributed by atoms with E-state index in [1.807, 2.05) is 0 Å². The maximum Gasteiger partial charge on any atom is 0.266 e. The Morgan fingerprint density at radius 3 is 2.73 bits per heavy atom. The molecule has 3 aromatic rings.